The average Bonchev–Trinajstić information content (AvgIpc) is 2.74. The molecule has 0 aromatic heterocycles. The van der Waals surface area contributed by atoms with Crippen LogP contribution in [-0.4, -0.2) is 0 Å². The van der Waals surface area contributed by atoms with Gasteiger partial charge in [-0.1, -0.05) is 27.7 Å². The Morgan fingerprint density at radius 1 is 1.09 bits per heavy atom. The fraction of sp³-hybridized carbons (Fsp3) is 0.562. The van der Waals surface area contributed by atoms with E-state index < -0.39 is 40.8 Å². The molecule has 1 aliphatic rings. The van der Waals surface area contributed by atoms with Gasteiger partial charge in [0, 0.05) is 5.56 Å². The summed E-state index contributed by atoms with van der Waals surface area (Å²) in [5.41, 5.74) is -3.09. The van der Waals surface area contributed by atoms with Gasteiger partial charge in [0.2, 0.25) is 0 Å². The predicted octanol–water partition coefficient (Wildman–Crippen LogP) is 5.27. The average molecular weight is 317 g/mol. The van der Waals surface area contributed by atoms with Crippen LogP contribution in [0.4, 0.5) is 22.0 Å². The Morgan fingerprint density at radius 3 is 1.95 bits per heavy atom. The summed E-state index contributed by atoms with van der Waals surface area (Å²) in [7, 11) is 0. The van der Waals surface area contributed by atoms with Crippen molar-refractivity contribution in [3.63, 3.8) is 0 Å². The molecule has 1 nitrogen and oxygen atoms in total. The van der Waals surface area contributed by atoms with E-state index in [1.54, 1.807) is 6.07 Å². The van der Waals surface area contributed by atoms with Crippen LogP contribution in [0.1, 0.15) is 44.7 Å². The summed E-state index contributed by atoms with van der Waals surface area (Å²) in [6, 6.07) is 2.75. The topological polar surface area (TPSA) is 23.8 Å². The number of hydrogen-bond donors (Lipinski definition) is 0. The predicted molar refractivity (Wildman–Crippen MR) is 70.8 cm³/mol. The van der Waals surface area contributed by atoms with Crippen LogP contribution in [0.3, 0.4) is 0 Å². The number of rotatable bonds is 2. The second kappa shape index (κ2) is 4.68. The van der Waals surface area contributed by atoms with E-state index in [1.165, 1.54) is 0 Å². The molecule has 1 aromatic carbocycles. The molecule has 1 unspecified atom stereocenters. The van der Waals surface area contributed by atoms with Crippen molar-refractivity contribution in [2.75, 3.05) is 0 Å². The first-order chi connectivity index (χ1) is 9.87. The zero-order valence-electron chi connectivity index (χ0n) is 12.6. The summed E-state index contributed by atoms with van der Waals surface area (Å²) < 4.78 is 66.6. The van der Waals surface area contributed by atoms with E-state index in [2.05, 4.69) is 0 Å². The van der Waals surface area contributed by atoms with Crippen LogP contribution < -0.4 is 0 Å². The Kier molecular flexibility index (Phi) is 3.55. The Balaban J connectivity index is 2.60. The van der Waals surface area contributed by atoms with Crippen LogP contribution in [0, 0.1) is 39.7 Å². The minimum atomic E-state index is -4.93. The van der Waals surface area contributed by atoms with E-state index in [0.717, 1.165) is 0 Å². The minimum absolute atomic E-state index is 0.367. The highest BCUT2D eigenvalue weighted by molar-refractivity contribution is 5.39. The van der Waals surface area contributed by atoms with E-state index >= 15 is 0 Å². The molecule has 0 radical (unpaired) electrons. The van der Waals surface area contributed by atoms with E-state index in [1.807, 2.05) is 27.7 Å². The van der Waals surface area contributed by atoms with Gasteiger partial charge in [-0.05, 0) is 28.9 Å². The third-order valence-corrected chi connectivity index (χ3v) is 5.35. The zero-order chi connectivity index (χ0) is 17.1. The van der Waals surface area contributed by atoms with Crippen molar-refractivity contribution in [2.24, 2.45) is 16.7 Å². The molecule has 0 bridgehead atoms. The smallest absolute Gasteiger partial charge is 0.207 e. The number of alkyl halides is 3. The van der Waals surface area contributed by atoms with E-state index in [9.17, 15) is 27.2 Å². The zero-order valence-corrected chi connectivity index (χ0v) is 12.6. The Hall–Kier alpha value is -1.64. The van der Waals surface area contributed by atoms with Gasteiger partial charge in [0.1, 0.15) is 11.6 Å². The Morgan fingerprint density at radius 2 is 1.59 bits per heavy atom. The molecule has 0 spiro atoms. The summed E-state index contributed by atoms with van der Waals surface area (Å²) in [6.45, 7) is 7.35. The minimum Gasteiger partial charge on any atom is -0.207 e. The first-order valence-corrected chi connectivity index (χ1v) is 6.82. The number of nitrogens with zero attached hydrogens (tertiary/aromatic N) is 1. The highest BCUT2D eigenvalue weighted by atomic mass is 19.4. The van der Waals surface area contributed by atoms with Gasteiger partial charge in [0.25, 0.3) is 0 Å². The van der Waals surface area contributed by atoms with Gasteiger partial charge in [-0.2, -0.15) is 18.4 Å². The highest BCUT2D eigenvalue weighted by Crippen LogP contribution is 2.73. The van der Waals surface area contributed by atoms with Crippen LogP contribution in [0.2, 0.25) is 0 Å². The van der Waals surface area contributed by atoms with Crippen molar-refractivity contribution in [2.45, 2.75) is 39.8 Å². The van der Waals surface area contributed by atoms with Crippen molar-refractivity contribution >= 4 is 0 Å². The van der Waals surface area contributed by atoms with Crippen molar-refractivity contribution < 1.29 is 22.0 Å². The fourth-order valence-corrected chi connectivity index (χ4v) is 3.46. The third kappa shape index (κ3) is 2.18. The number of hydrogen-bond acceptors (Lipinski definition) is 1. The molecule has 1 atom stereocenters. The van der Waals surface area contributed by atoms with Gasteiger partial charge in [0.05, 0.1) is 17.6 Å². The van der Waals surface area contributed by atoms with Gasteiger partial charge < -0.3 is 0 Å². The summed E-state index contributed by atoms with van der Waals surface area (Å²) in [4.78, 5) is 0. The van der Waals surface area contributed by atoms with Crippen LogP contribution >= 0.6 is 0 Å². The molecule has 1 aliphatic carbocycles. The first kappa shape index (κ1) is 16.7. The number of nitriles is 1. The molecule has 1 fully saturated rings. The van der Waals surface area contributed by atoms with Gasteiger partial charge in [-0.15, -0.1) is 0 Å². The molecule has 120 valence electrons. The molecule has 0 aliphatic heterocycles. The van der Waals surface area contributed by atoms with E-state index in [0.29, 0.717) is 12.1 Å². The van der Waals surface area contributed by atoms with E-state index in [4.69, 9.17) is 0 Å². The second-order valence-corrected chi connectivity index (χ2v) is 6.85. The molecule has 0 heterocycles. The molecular formula is C16H16F5N. The summed E-state index contributed by atoms with van der Waals surface area (Å²) >= 11 is 0. The monoisotopic (exact) mass is 317 g/mol. The normalized spacial score (nSPS) is 21.3. The van der Waals surface area contributed by atoms with Crippen LogP contribution in [0.25, 0.3) is 0 Å². The molecule has 0 N–H and O–H groups in total. The largest absolute Gasteiger partial charge is 0.419 e. The summed E-state index contributed by atoms with van der Waals surface area (Å²) in [5, 5.41) is 9.33. The second-order valence-electron chi connectivity index (χ2n) is 6.85. The van der Waals surface area contributed by atoms with Crippen molar-refractivity contribution in [1.82, 2.24) is 0 Å². The summed E-state index contributed by atoms with van der Waals surface area (Å²) in [5.74, 6) is -4.47. The molecule has 2 rings (SSSR count). The Bertz CT molecular complexity index is 638. The highest BCUT2D eigenvalue weighted by Gasteiger charge is 2.68. The lowest BCUT2D eigenvalue weighted by Crippen LogP contribution is -2.15. The molecule has 6 heteroatoms. The maximum atomic E-state index is 14.2. The third-order valence-electron chi connectivity index (χ3n) is 5.35. The standard InChI is InChI=1S/C16H16F5N/c1-14(2)13(15(14,3)4)8(7-22)11-10(17)6-5-9(12(11)18)16(19,20)21/h5-6,8,13H,1-4H3. The van der Waals surface area contributed by atoms with Crippen molar-refractivity contribution in [3.05, 3.63) is 34.9 Å². The lowest BCUT2D eigenvalue weighted by Gasteiger charge is -2.17. The van der Waals surface area contributed by atoms with Crippen LogP contribution in [0.15, 0.2) is 12.1 Å². The molecule has 1 aromatic rings. The Labute approximate surface area is 125 Å². The SMILES string of the molecule is CC1(C)C(C(C#N)c2c(F)ccc(C(F)(F)F)c2F)C1(C)C. The van der Waals surface area contributed by atoms with Crippen LogP contribution in [0.5, 0.6) is 0 Å². The van der Waals surface area contributed by atoms with Crippen molar-refractivity contribution in [3.8, 4) is 6.07 Å². The summed E-state index contributed by atoms with van der Waals surface area (Å²) in [6.07, 6.45) is -4.93. The van der Waals surface area contributed by atoms with Gasteiger partial charge >= 0.3 is 6.18 Å². The molecule has 0 amide bonds. The van der Waals surface area contributed by atoms with E-state index in [-0.39, 0.29) is 10.8 Å². The van der Waals surface area contributed by atoms with Crippen molar-refractivity contribution in [1.29, 1.82) is 5.26 Å². The molecular weight excluding hydrogens is 301 g/mol. The maximum Gasteiger partial charge on any atom is 0.419 e. The lowest BCUT2D eigenvalue weighted by molar-refractivity contribution is -0.140. The quantitative estimate of drug-likeness (QED) is 0.681. The van der Waals surface area contributed by atoms with Gasteiger partial charge in [0.15, 0.2) is 0 Å². The maximum absolute atomic E-state index is 14.2. The first-order valence-electron chi connectivity index (χ1n) is 6.82. The van der Waals surface area contributed by atoms with Gasteiger partial charge in [-0.3, -0.25) is 0 Å². The number of benzene rings is 1. The lowest BCUT2D eigenvalue weighted by atomic mass is 9.88. The number of halogens is 5. The molecule has 0 saturated heterocycles. The van der Waals surface area contributed by atoms with Crippen LogP contribution in [-0.2, 0) is 6.18 Å². The fourth-order valence-electron chi connectivity index (χ4n) is 3.46. The molecule has 22 heavy (non-hydrogen) atoms. The molecule has 1 saturated carbocycles. The van der Waals surface area contributed by atoms with Gasteiger partial charge in [-0.25, -0.2) is 8.78 Å².